The molecule has 1 aliphatic heterocycles. The molecule has 0 bridgehead atoms. The summed E-state index contributed by atoms with van der Waals surface area (Å²) in [4.78, 5) is 0. The fourth-order valence-corrected chi connectivity index (χ4v) is 3.10. The predicted molar refractivity (Wildman–Crippen MR) is 95.9 cm³/mol. The zero-order chi connectivity index (χ0) is 16.1. The van der Waals surface area contributed by atoms with E-state index in [4.69, 9.17) is 4.74 Å². The monoisotopic (exact) mass is 294 g/mol. The lowest BCUT2D eigenvalue weighted by Crippen LogP contribution is -2.15. The number of ether oxygens (including phenoxy) is 1. The van der Waals surface area contributed by atoms with Crippen LogP contribution in [0, 0.1) is 0 Å². The zero-order valence-corrected chi connectivity index (χ0v) is 14.6. The Morgan fingerprint density at radius 1 is 0.864 bits per heavy atom. The maximum absolute atomic E-state index is 5.88. The lowest BCUT2D eigenvalue weighted by atomic mass is 9.79. The quantitative estimate of drug-likeness (QED) is 0.593. The lowest BCUT2D eigenvalue weighted by molar-refractivity contribution is 0.358. The fourth-order valence-electron chi connectivity index (χ4n) is 3.10. The van der Waals surface area contributed by atoms with Gasteiger partial charge in [0.2, 0.25) is 0 Å². The van der Waals surface area contributed by atoms with Crippen LogP contribution in [0.2, 0.25) is 0 Å². The molecule has 0 saturated carbocycles. The molecular formula is C21H26O. The van der Waals surface area contributed by atoms with E-state index in [0.29, 0.717) is 6.61 Å². The van der Waals surface area contributed by atoms with Crippen molar-refractivity contribution in [2.75, 3.05) is 6.61 Å². The third kappa shape index (κ3) is 2.54. The normalized spacial score (nSPS) is 14.8. The Kier molecular flexibility index (Phi) is 3.36. The smallest absolute Gasteiger partial charge is 0.127 e. The van der Waals surface area contributed by atoms with Gasteiger partial charge in [-0.05, 0) is 44.9 Å². The van der Waals surface area contributed by atoms with E-state index in [1.54, 1.807) is 0 Å². The second-order valence-electron chi connectivity index (χ2n) is 8.31. The van der Waals surface area contributed by atoms with Crippen LogP contribution in [0.1, 0.15) is 58.2 Å². The topological polar surface area (TPSA) is 9.23 Å². The van der Waals surface area contributed by atoms with Gasteiger partial charge < -0.3 is 4.74 Å². The largest absolute Gasteiger partial charge is 0.489 e. The van der Waals surface area contributed by atoms with Crippen molar-refractivity contribution < 1.29 is 4.74 Å². The van der Waals surface area contributed by atoms with Crippen LogP contribution in [0.5, 0.6) is 5.75 Å². The van der Waals surface area contributed by atoms with E-state index in [2.05, 4.69) is 78.0 Å². The summed E-state index contributed by atoms with van der Waals surface area (Å²) in [6.07, 6.45) is 4.29. The van der Waals surface area contributed by atoms with Gasteiger partial charge in [0.1, 0.15) is 12.4 Å². The van der Waals surface area contributed by atoms with Crippen LogP contribution < -0.4 is 4.74 Å². The second-order valence-corrected chi connectivity index (χ2v) is 8.31. The molecule has 0 aliphatic carbocycles. The van der Waals surface area contributed by atoms with Crippen molar-refractivity contribution in [1.29, 1.82) is 0 Å². The molecule has 2 aromatic carbocycles. The Morgan fingerprint density at radius 3 is 2.23 bits per heavy atom. The highest BCUT2D eigenvalue weighted by molar-refractivity contribution is 5.97. The molecule has 3 rings (SSSR count). The first-order valence-corrected chi connectivity index (χ1v) is 8.09. The number of hydrogen-bond donors (Lipinski definition) is 0. The highest BCUT2D eigenvalue weighted by Gasteiger charge is 2.23. The van der Waals surface area contributed by atoms with E-state index in [-0.39, 0.29) is 10.8 Å². The Morgan fingerprint density at radius 2 is 1.59 bits per heavy atom. The minimum atomic E-state index is 0.0916. The van der Waals surface area contributed by atoms with Gasteiger partial charge in [-0.1, -0.05) is 65.8 Å². The van der Waals surface area contributed by atoms with Gasteiger partial charge in [0, 0.05) is 5.56 Å². The van der Waals surface area contributed by atoms with Gasteiger partial charge in [-0.3, -0.25) is 0 Å². The highest BCUT2D eigenvalue weighted by atomic mass is 16.5. The predicted octanol–water partition coefficient (Wildman–Crippen LogP) is 5.84. The molecule has 0 aromatic heterocycles. The van der Waals surface area contributed by atoms with Crippen molar-refractivity contribution in [2.24, 2.45) is 0 Å². The van der Waals surface area contributed by atoms with E-state index in [9.17, 15) is 0 Å². The Labute approximate surface area is 134 Å². The molecule has 1 heteroatoms. The van der Waals surface area contributed by atoms with Crippen molar-refractivity contribution >= 4 is 16.8 Å². The SMILES string of the molecule is CC(C)(C)c1ccc2c3c(cc(C(C)(C)C)c2c1)OCC=C3. The molecule has 1 aliphatic rings. The number of rotatable bonds is 0. The van der Waals surface area contributed by atoms with Crippen LogP contribution in [0.4, 0.5) is 0 Å². The van der Waals surface area contributed by atoms with Gasteiger partial charge in [0.05, 0.1) is 0 Å². The maximum atomic E-state index is 5.88. The summed E-state index contributed by atoms with van der Waals surface area (Å²) in [6.45, 7) is 14.3. The molecule has 2 aromatic rings. The fraction of sp³-hybridized carbons (Fsp3) is 0.429. The third-order valence-electron chi connectivity index (χ3n) is 4.43. The maximum Gasteiger partial charge on any atom is 0.127 e. The molecule has 0 amide bonds. The van der Waals surface area contributed by atoms with Gasteiger partial charge >= 0.3 is 0 Å². The van der Waals surface area contributed by atoms with E-state index < -0.39 is 0 Å². The average Bonchev–Trinajstić information content (AvgIpc) is 2.44. The molecule has 1 heterocycles. The van der Waals surface area contributed by atoms with E-state index >= 15 is 0 Å². The van der Waals surface area contributed by atoms with Gasteiger partial charge in [-0.15, -0.1) is 0 Å². The van der Waals surface area contributed by atoms with Crippen LogP contribution in [0.3, 0.4) is 0 Å². The third-order valence-corrected chi connectivity index (χ3v) is 4.43. The Bertz CT molecular complexity index is 752. The van der Waals surface area contributed by atoms with Gasteiger partial charge in [-0.2, -0.15) is 0 Å². The summed E-state index contributed by atoms with van der Waals surface area (Å²) >= 11 is 0. The van der Waals surface area contributed by atoms with Gasteiger partial charge in [0.25, 0.3) is 0 Å². The summed E-state index contributed by atoms with van der Waals surface area (Å²) < 4.78 is 5.88. The first-order valence-electron chi connectivity index (χ1n) is 8.09. The minimum Gasteiger partial charge on any atom is -0.489 e. The number of hydrogen-bond acceptors (Lipinski definition) is 1. The molecule has 0 N–H and O–H groups in total. The summed E-state index contributed by atoms with van der Waals surface area (Å²) in [7, 11) is 0. The molecule has 0 unspecified atom stereocenters. The molecule has 1 nitrogen and oxygen atoms in total. The van der Waals surface area contributed by atoms with Crippen LogP contribution in [0.15, 0.2) is 30.3 Å². The molecule has 0 spiro atoms. The van der Waals surface area contributed by atoms with E-state index in [0.717, 1.165) is 5.75 Å². The minimum absolute atomic E-state index is 0.0916. The highest BCUT2D eigenvalue weighted by Crippen LogP contribution is 2.40. The first-order chi connectivity index (χ1) is 10.2. The van der Waals surface area contributed by atoms with Gasteiger partial charge in [-0.25, -0.2) is 0 Å². The molecular weight excluding hydrogens is 268 g/mol. The zero-order valence-electron chi connectivity index (χ0n) is 14.6. The summed E-state index contributed by atoms with van der Waals surface area (Å²) in [5.41, 5.74) is 4.21. The van der Waals surface area contributed by atoms with E-state index in [1.807, 2.05) is 0 Å². The van der Waals surface area contributed by atoms with Crippen molar-refractivity contribution in [2.45, 2.75) is 52.4 Å². The van der Waals surface area contributed by atoms with E-state index in [1.165, 1.54) is 27.5 Å². The van der Waals surface area contributed by atoms with Crippen LogP contribution >= 0.6 is 0 Å². The molecule has 22 heavy (non-hydrogen) atoms. The number of fused-ring (bicyclic) bond motifs is 3. The molecule has 0 saturated heterocycles. The standard InChI is InChI=1S/C21H26O/c1-20(2,3)14-9-10-15-16-8-7-11-22-19(16)13-18(17(15)12-14)21(4,5)6/h7-10,12-13H,11H2,1-6H3. The van der Waals surface area contributed by atoms with Crippen LogP contribution in [-0.2, 0) is 10.8 Å². The molecule has 116 valence electrons. The van der Waals surface area contributed by atoms with Crippen LogP contribution in [-0.4, -0.2) is 6.61 Å². The van der Waals surface area contributed by atoms with Crippen molar-refractivity contribution in [3.8, 4) is 5.75 Å². The summed E-state index contributed by atoms with van der Waals surface area (Å²) in [6, 6.07) is 9.15. The first kappa shape index (κ1) is 15.1. The Balaban J connectivity index is 2.39. The molecule has 0 atom stereocenters. The molecule has 0 radical (unpaired) electrons. The van der Waals surface area contributed by atoms with Crippen molar-refractivity contribution in [3.05, 3.63) is 47.0 Å². The molecule has 0 fully saturated rings. The summed E-state index contributed by atoms with van der Waals surface area (Å²) in [5.74, 6) is 1.02. The van der Waals surface area contributed by atoms with Gasteiger partial charge in [0.15, 0.2) is 0 Å². The van der Waals surface area contributed by atoms with Crippen molar-refractivity contribution in [3.63, 3.8) is 0 Å². The average molecular weight is 294 g/mol. The second kappa shape index (κ2) is 4.87. The number of benzene rings is 2. The summed E-state index contributed by atoms with van der Waals surface area (Å²) in [5, 5.41) is 2.65. The van der Waals surface area contributed by atoms with Crippen LogP contribution in [0.25, 0.3) is 16.8 Å². The lowest BCUT2D eigenvalue weighted by Gasteiger charge is -2.27. The van der Waals surface area contributed by atoms with Crippen molar-refractivity contribution in [1.82, 2.24) is 0 Å². The Hall–Kier alpha value is -1.76.